The molecule has 7 heavy (non-hydrogen) atoms. The minimum absolute atomic E-state index is 0. The van der Waals surface area contributed by atoms with Crippen molar-refractivity contribution in [1.29, 1.82) is 0 Å². The van der Waals surface area contributed by atoms with E-state index >= 15 is 0 Å². The van der Waals surface area contributed by atoms with Gasteiger partial charge in [0.2, 0.25) is 0 Å². The van der Waals surface area contributed by atoms with Crippen LogP contribution in [0.3, 0.4) is 0 Å². The van der Waals surface area contributed by atoms with Gasteiger partial charge in [0.05, 0.1) is 0 Å². The molecule has 0 bridgehead atoms. The molecule has 36 valence electrons. The van der Waals surface area contributed by atoms with Crippen LogP contribution in [0.25, 0.3) is 0 Å². The fraction of sp³-hybridized carbons (Fsp3) is 0. The van der Waals surface area contributed by atoms with E-state index in [9.17, 15) is 13.2 Å². The summed E-state index contributed by atoms with van der Waals surface area (Å²) in [6, 6.07) is 0. The van der Waals surface area contributed by atoms with Gasteiger partial charge in [0.1, 0.15) is 0 Å². The van der Waals surface area contributed by atoms with Crippen molar-refractivity contribution in [1.82, 2.24) is 0 Å². The maximum absolute atomic E-state index is 10.7. The van der Waals surface area contributed by atoms with E-state index in [1.54, 1.807) is 0 Å². The molecule has 0 radical (unpaired) electrons. The molecule has 0 aliphatic heterocycles. The summed E-state index contributed by atoms with van der Waals surface area (Å²) in [5.74, 6) is 0. The molecule has 0 atom stereocenters. The molecule has 0 aliphatic rings. The van der Waals surface area contributed by atoms with E-state index in [2.05, 4.69) is 7.85 Å². The Morgan fingerprint density at radius 3 is 1.43 bits per heavy atom. The van der Waals surface area contributed by atoms with Crippen molar-refractivity contribution in [2.45, 2.75) is 0 Å². The summed E-state index contributed by atoms with van der Waals surface area (Å²) in [4.78, 5) is 0. The summed E-state index contributed by atoms with van der Waals surface area (Å²) in [6.45, 7) is 0. The minimum atomic E-state index is -2.46. The zero-order valence-corrected chi connectivity index (χ0v) is 6.83. The molecule has 0 saturated heterocycles. The van der Waals surface area contributed by atoms with E-state index in [4.69, 9.17) is 0 Å². The summed E-state index contributed by atoms with van der Waals surface area (Å²) in [6.07, 6.45) is -2.46. The predicted octanol–water partition coefficient (Wildman–Crippen LogP) is -1.47. The number of hydrogen-bond donors (Lipinski definition) is 0. The second kappa shape index (κ2) is 5.37. The Labute approximate surface area is 87.4 Å². The maximum Gasteiger partial charge on any atom is 1.00 e. The van der Waals surface area contributed by atoms with Crippen LogP contribution in [0.5, 0.6) is 0 Å². The minimum Gasteiger partial charge on any atom is -1.00 e. The topological polar surface area (TPSA) is 0 Å². The van der Waals surface area contributed by atoms with Crippen molar-refractivity contribution in [3.8, 4) is 0 Å². The van der Waals surface area contributed by atoms with Gasteiger partial charge in [-0.05, 0) is 0 Å². The smallest absolute Gasteiger partial charge is 1.00 e. The molecule has 0 saturated carbocycles. The molecule has 0 amide bonds. The molecule has 0 unspecified atom stereocenters. The van der Waals surface area contributed by atoms with E-state index in [0.29, 0.717) is 0 Å². The zero-order valence-electron chi connectivity index (χ0n) is 6.71. The van der Waals surface area contributed by atoms with Crippen molar-refractivity contribution in [2.75, 3.05) is 0 Å². The molecule has 0 aliphatic carbocycles. The van der Waals surface area contributed by atoms with Crippen molar-refractivity contribution < 1.29 is 68.8 Å². The van der Waals surface area contributed by atoms with Gasteiger partial charge in [-0.25, -0.2) is 0 Å². The molecule has 0 aromatic rings. The Balaban J connectivity index is -0.0000000208. The first-order valence-electron chi connectivity index (χ1n) is 1.11. The van der Waals surface area contributed by atoms with E-state index in [1.807, 2.05) is 0 Å². The first-order chi connectivity index (χ1) is 2.64. The summed E-state index contributed by atoms with van der Waals surface area (Å²) in [5, 5.41) is 0. The molecule has 0 rings (SSSR count). The van der Waals surface area contributed by atoms with Crippen molar-refractivity contribution >= 4 is 7.85 Å². The van der Waals surface area contributed by atoms with Gasteiger partial charge in [0.25, 0.3) is 0 Å². The fourth-order valence-electron chi connectivity index (χ4n) is 0. The maximum atomic E-state index is 10.7. The second-order valence-corrected chi connectivity index (χ2v) is 0.608. The Hall–Kier alpha value is 1.23. The van der Waals surface area contributed by atoms with E-state index in [-0.39, 0.29) is 55.7 Å². The van der Waals surface area contributed by atoms with Crippen LogP contribution in [0.2, 0.25) is 0 Å². The summed E-state index contributed by atoms with van der Waals surface area (Å²) in [5.41, 5.74) is -1.91. The first-order valence-corrected chi connectivity index (χ1v) is 1.11. The molecule has 0 nitrogen and oxygen atoms in total. The first kappa shape index (κ1) is 11.1. The third-order valence-corrected chi connectivity index (χ3v) is 0.181. The largest absolute Gasteiger partial charge is 1.00 e. The summed E-state index contributed by atoms with van der Waals surface area (Å²) >= 11 is 0. The van der Waals surface area contributed by atoms with Gasteiger partial charge < -0.3 is 4.28 Å². The van der Waals surface area contributed by atoms with Gasteiger partial charge in [-0.15, -0.1) is 0 Å². The van der Waals surface area contributed by atoms with Crippen LogP contribution in [-0.4, -0.2) is 7.85 Å². The Kier molecular flexibility index (Phi) is 8.50. The third-order valence-electron chi connectivity index (χ3n) is 0.181. The van der Waals surface area contributed by atoms with Crippen LogP contribution in [-0.2, 0) is 0 Å². The predicted molar refractivity (Wildman–Crippen MR) is 19.4 cm³/mol. The van der Waals surface area contributed by atoms with Gasteiger partial charge in [-0.3, -0.25) is 0 Å². The molecule has 5 heteroatoms. The fourth-order valence-corrected chi connectivity index (χ4v) is 0. The molecular weight excluding hydrogens is 131 g/mol. The molecule has 0 spiro atoms. The monoisotopic (exact) mass is 134 g/mol. The number of hydrogen-bond acceptors (Lipinski definition) is 0. The van der Waals surface area contributed by atoms with Gasteiger partial charge in [0.15, 0.2) is 0 Å². The van der Waals surface area contributed by atoms with Gasteiger partial charge in [-0.2, -0.15) is 0 Å². The van der Waals surface area contributed by atoms with Crippen molar-refractivity contribution in [3.05, 3.63) is 11.8 Å². The van der Waals surface area contributed by atoms with Gasteiger partial charge >= 0.3 is 84.2 Å². The van der Waals surface area contributed by atoms with Crippen LogP contribution in [0.1, 0.15) is 4.28 Å². The molecule has 0 N–H and O–H groups in total. The molecule has 0 aromatic carbocycles. The van der Waals surface area contributed by atoms with Crippen LogP contribution in [0, 0.1) is 0 Å². The van der Waals surface area contributed by atoms with Crippen LogP contribution < -0.4 is 51.4 Å². The Morgan fingerprint density at radius 2 is 1.43 bits per heavy atom. The molecule has 0 fully saturated rings. The standard InChI is InChI=1S/C2BF3.K.3H/c3-1(4)2(5)6;;;;/q+2;+1;3*-1. The third kappa shape index (κ3) is 7.23. The number of rotatable bonds is 0. The average molecular weight is 134 g/mol. The van der Waals surface area contributed by atoms with Crippen molar-refractivity contribution in [3.63, 3.8) is 0 Å². The van der Waals surface area contributed by atoms with Crippen LogP contribution in [0.15, 0.2) is 11.8 Å². The SMILES string of the molecule is [B+2]C(F)=C(F)F.[H-].[H-].[H-].[K+]. The summed E-state index contributed by atoms with van der Waals surface area (Å²) < 4.78 is 31.8. The normalized spacial score (nSPS) is 7.00. The average Bonchev–Trinajstić information content (AvgIpc) is 1.36. The quantitative estimate of drug-likeness (QED) is 0.355. The Bertz CT molecular complexity index is 71.8. The second-order valence-electron chi connectivity index (χ2n) is 0.608. The van der Waals surface area contributed by atoms with E-state index in [0.717, 1.165) is 0 Å². The van der Waals surface area contributed by atoms with Crippen LogP contribution >= 0.6 is 0 Å². The molecular formula is C2H3BF3K. The molecule has 0 aromatic heterocycles. The Morgan fingerprint density at radius 1 is 1.29 bits per heavy atom. The molecule has 0 heterocycles. The summed E-state index contributed by atoms with van der Waals surface area (Å²) in [7, 11) is 3.90. The van der Waals surface area contributed by atoms with Crippen molar-refractivity contribution in [2.24, 2.45) is 0 Å². The van der Waals surface area contributed by atoms with Gasteiger partial charge in [-0.1, -0.05) is 0 Å². The number of halogens is 3. The van der Waals surface area contributed by atoms with E-state index < -0.39 is 11.8 Å². The zero-order chi connectivity index (χ0) is 5.15. The van der Waals surface area contributed by atoms with Gasteiger partial charge in [0, 0.05) is 0 Å². The van der Waals surface area contributed by atoms with E-state index in [1.165, 1.54) is 0 Å². The van der Waals surface area contributed by atoms with Crippen LogP contribution in [0.4, 0.5) is 13.2 Å².